The fourth-order valence-electron chi connectivity index (χ4n) is 0. The van der Waals surface area contributed by atoms with Crippen LogP contribution in [0, 0.1) is 0 Å². The van der Waals surface area contributed by atoms with Crippen LogP contribution < -0.4 is 20.4 Å². The van der Waals surface area contributed by atoms with Gasteiger partial charge >= 0.3 is 34.1 Å². The van der Waals surface area contributed by atoms with E-state index in [1.165, 1.54) is 0 Å². The molecule has 0 spiro atoms. The Kier molecular flexibility index (Phi) is 134. The summed E-state index contributed by atoms with van der Waals surface area (Å²) >= 11 is 0. The molecule has 0 aliphatic carbocycles. The van der Waals surface area contributed by atoms with Crippen molar-refractivity contribution in [2.75, 3.05) is 13.1 Å². The van der Waals surface area contributed by atoms with E-state index in [0.717, 1.165) is 27.7 Å². The number of nitrogens with one attached hydrogen (secondary N) is 2. The van der Waals surface area contributed by atoms with Crippen molar-refractivity contribution < 1.29 is 108 Å². The van der Waals surface area contributed by atoms with E-state index in [-0.39, 0.29) is 81.4 Å². The zero-order valence-corrected chi connectivity index (χ0v) is 17.5. The van der Waals surface area contributed by atoms with Gasteiger partial charge in [0.2, 0.25) is 0 Å². The monoisotopic (exact) mass is 518 g/mol. The molecule has 0 aromatic heterocycles. The van der Waals surface area contributed by atoms with Crippen LogP contribution in [0.5, 0.6) is 0 Å². The summed E-state index contributed by atoms with van der Waals surface area (Å²) in [5, 5.41) is 35.6. The zero-order chi connectivity index (χ0) is 17.7. The minimum absolute atomic E-state index is 0. The average molecular weight is 518 g/mol. The van der Waals surface area contributed by atoms with Gasteiger partial charge in [-0.05, 0) is 27.7 Å². The van der Waals surface area contributed by atoms with Crippen molar-refractivity contribution in [3.63, 3.8) is 0 Å². The maximum atomic E-state index is 8.89. The van der Waals surface area contributed by atoms with Gasteiger partial charge in [0.05, 0.1) is 0 Å². The van der Waals surface area contributed by atoms with Gasteiger partial charge in [-0.3, -0.25) is 0 Å². The Morgan fingerprint density at radius 3 is 0.625 bits per heavy atom. The van der Waals surface area contributed by atoms with E-state index in [9.17, 15) is 0 Å². The molecule has 0 fully saturated rings. The summed E-state index contributed by atoms with van der Waals surface area (Å²) in [5.41, 5.74) is 12.5. The molecule has 2 N–H and O–H groups in total. The molecule has 150 valence electrons. The molecule has 0 aliphatic rings. The van der Waals surface area contributed by atoms with Gasteiger partial charge in [-0.25, -0.2) is 0 Å². The molecular formula is C10H18Fe4N2O8-2. The van der Waals surface area contributed by atoms with Gasteiger partial charge in [-0.15, -0.1) is 0 Å². The summed E-state index contributed by atoms with van der Waals surface area (Å²) in [6, 6.07) is 0. The molecule has 0 atom stereocenters. The third kappa shape index (κ3) is 12400. The molecule has 14 heteroatoms. The van der Waals surface area contributed by atoms with E-state index < -0.39 is 23.9 Å². The van der Waals surface area contributed by atoms with Gasteiger partial charge in [0, 0.05) is 58.0 Å². The molecule has 0 saturated heterocycles. The van der Waals surface area contributed by atoms with Crippen LogP contribution in [-0.4, -0.2) is 37.0 Å². The first kappa shape index (κ1) is 56.5. The van der Waals surface area contributed by atoms with Crippen LogP contribution in [0.4, 0.5) is 0 Å². The van der Waals surface area contributed by atoms with E-state index in [0.29, 0.717) is 0 Å². The van der Waals surface area contributed by atoms with Crippen LogP contribution in [0.3, 0.4) is 0 Å². The second-order valence-electron chi connectivity index (χ2n) is 2.47. The number of hydrogen-bond acceptors (Lipinski definition) is 8. The number of carboxylic acids is 4. The van der Waals surface area contributed by atoms with Crippen molar-refractivity contribution in [2.24, 2.45) is 0 Å². The van der Waals surface area contributed by atoms with E-state index in [1.807, 2.05) is 0 Å². The Morgan fingerprint density at radius 1 is 0.583 bits per heavy atom. The van der Waals surface area contributed by atoms with E-state index in [2.05, 4.69) is 0 Å². The number of aliphatic carboxylic acids is 4. The predicted molar refractivity (Wildman–Crippen MR) is 61.1 cm³/mol. The van der Waals surface area contributed by atoms with Crippen LogP contribution in [0.25, 0.3) is 11.5 Å². The topological polar surface area (TPSA) is 208 Å². The van der Waals surface area contributed by atoms with Crippen LogP contribution in [0.2, 0.25) is 0 Å². The molecule has 0 aromatic rings. The number of hydrogen-bond donors (Lipinski definition) is 0. The van der Waals surface area contributed by atoms with Crippen LogP contribution in [-0.2, 0) is 87.5 Å². The number of carboxylic acid groups (broad SMARTS) is 4. The van der Waals surface area contributed by atoms with Crippen LogP contribution in [0.15, 0.2) is 0 Å². The normalized spacial score (nSPS) is 5.42. The third-order valence-electron chi connectivity index (χ3n) is 0.125. The van der Waals surface area contributed by atoms with E-state index in [1.54, 1.807) is 0 Å². The van der Waals surface area contributed by atoms with Crippen LogP contribution >= 0.6 is 0 Å². The van der Waals surface area contributed by atoms with Crippen molar-refractivity contribution in [1.82, 2.24) is 0 Å². The molecule has 10 nitrogen and oxygen atoms in total. The van der Waals surface area contributed by atoms with Crippen molar-refractivity contribution in [3.05, 3.63) is 11.5 Å². The summed E-state index contributed by atoms with van der Waals surface area (Å²) in [5.74, 6) is -4.33. The summed E-state index contributed by atoms with van der Waals surface area (Å²) in [6.45, 7) is 4.36. The molecule has 0 bridgehead atoms. The molecule has 0 rings (SSSR count). The molecule has 0 saturated carbocycles. The van der Waals surface area contributed by atoms with Gasteiger partial charge in [-0.2, -0.15) is 13.1 Å². The minimum Gasteiger partial charge on any atom is -0.679 e. The zero-order valence-electron chi connectivity index (χ0n) is 13.1. The molecular weight excluding hydrogens is 499 g/mol. The Labute approximate surface area is 183 Å². The maximum Gasteiger partial charge on any atom is 2.00 e. The smallest absolute Gasteiger partial charge is 0.679 e. The first-order valence-corrected chi connectivity index (χ1v) is 4.84. The van der Waals surface area contributed by atoms with Gasteiger partial charge in [0.25, 0.3) is 0 Å². The van der Waals surface area contributed by atoms with Gasteiger partial charge in [0.1, 0.15) is 0 Å². The number of carbonyl (C=O) groups excluding carboxylic acids is 4. The standard InChI is InChI=1S/C2H6N2.4C2H4O2.4Fe/c3-1-2-4;4*1-2(3)4;;;;/h3-4H,1-2H2;4*1H3,(H,3,4);;;;/q-2;;;;;;;2*+2/p-4. The third-order valence-corrected chi connectivity index (χ3v) is 0.125. The molecule has 0 amide bonds. The van der Waals surface area contributed by atoms with Crippen molar-refractivity contribution in [3.8, 4) is 0 Å². The number of carbonyl (C=O) groups is 4. The molecule has 0 heterocycles. The summed E-state index contributed by atoms with van der Waals surface area (Å²) in [6.07, 6.45) is 0. The van der Waals surface area contributed by atoms with Gasteiger partial charge < -0.3 is 51.1 Å². The summed E-state index contributed by atoms with van der Waals surface area (Å²) in [7, 11) is 0. The quantitative estimate of drug-likeness (QED) is 0.313. The summed E-state index contributed by atoms with van der Waals surface area (Å²) in [4.78, 5) is 35.6. The van der Waals surface area contributed by atoms with E-state index in [4.69, 9.17) is 51.1 Å². The molecule has 0 aromatic carbocycles. The SMILES string of the molecule is CC(=O)[O-].CC(=O)[O-].CC(=O)[O-].CC(=O)[O-].[Fe+2].[Fe+2].[Fe].[Fe].[NH-]CC[NH-]. The Hall–Kier alpha value is -0.122. The molecule has 0 radical (unpaired) electrons. The Morgan fingerprint density at radius 2 is 0.625 bits per heavy atom. The maximum absolute atomic E-state index is 8.89. The van der Waals surface area contributed by atoms with Crippen molar-refractivity contribution in [1.29, 1.82) is 0 Å². The fraction of sp³-hybridized carbons (Fsp3) is 0.600. The summed E-state index contributed by atoms with van der Waals surface area (Å²) < 4.78 is 0. The van der Waals surface area contributed by atoms with Crippen LogP contribution in [0.1, 0.15) is 27.7 Å². The molecule has 24 heavy (non-hydrogen) atoms. The average Bonchev–Trinajstić information content (AvgIpc) is 2.13. The Balaban J connectivity index is -0.0000000161. The predicted octanol–water partition coefficient (Wildman–Crippen LogP) is -3.89. The second kappa shape index (κ2) is 56.9. The molecule has 0 unspecified atom stereocenters. The van der Waals surface area contributed by atoms with E-state index >= 15 is 0 Å². The first-order valence-electron chi connectivity index (χ1n) is 4.84. The largest absolute Gasteiger partial charge is 2.00 e. The Bertz CT molecular complexity index is 205. The number of rotatable bonds is 1. The molecule has 0 aliphatic heterocycles. The van der Waals surface area contributed by atoms with Crippen molar-refractivity contribution >= 4 is 23.9 Å². The van der Waals surface area contributed by atoms with Gasteiger partial charge in [0.15, 0.2) is 0 Å². The minimum atomic E-state index is -1.08. The van der Waals surface area contributed by atoms with Crippen molar-refractivity contribution in [2.45, 2.75) is 27.7 Å². The van der Waals surface area contributed by atoms with Gasteiger partial charge in [-0.1, -0.05) is 0 Å². The fourth-order valence-corrected chi connectivity index (χ4v) is 0. The first-order chi connectivity index (χ1) is 8.84. The second-order valence-corrected chi connectivity index (χ2v) is 2.47.